The number of hydrogen-bond acceptors (Lipinski definition) is 4. The Morgan fingerprint density at radius 1 is 1.29 bits per heavy atom. The summed E-state index contributed by atoms with van der Waals surface area (Å²) in [5, 5.41) is 4.68. The molecule has 3 rings (SSSR count). The standard InChI is InChI=1S/C17H23N3O/c1-2-9-18-12-15-13-21-11-10-20(15)17-8-7-14-5-3-4-6-16(14)19-17/h3-8,15,18H,2,9-13H2,1H3. The van der Waals surface area contributed by atoms with Gasteiger partial charge in [-0.2, -0.15) is 0 Å². The topological polar surface area (TPSA) is 37.4 Å². The number of aromatic nitrogens is 1. The predicted molar refractivity (Wildman–Crippen MR) is 86.9 cm³/mol. The van der Waals surface area contributed by atoms with E-state index in [0.29, 0.717) is 6.04 Å². The van der Waals surface area contributed by atoms with E-state index in [1.165, 1.54) is 5.39 Å². The molecule has 0 bridgehead atoms. The van der Waals surface area contributed by atoms with Crippen LogP contribution < -0.4 is 10.2 Å². The van der Waals surface area contributed by atoms with Crippen LogP contribution in [0.25, 0.3) is 10.9 Å². The highest BCUT2D eigenvalue weighted by atomic mass is 16.5. The smallest absolute Gasteiger partial charge is 0.129 e. The van der Waals surface area contributed by atoms with E-state index in [1.807, 2.05) is 6.07 Å². The van der Waals surface area contributed by atoms with E-state index in [2.05, 4.69) is 47.5 Å². The summed E-state index contributed by atoms with van der Waals surface area (Å²) in [6, 6.07) is 12.9. The fraction of sp³-hybridized carbons (Fsp3) is 0.471. The molecule has 4 heteroatoms. The number of para-hydroxylation sites is 1. The molecule has 0 radical (unpaired) electrons. The van der Waals surface area contributed by atoms with E-state index in [1.54, 1.807) is 0 Å². The minimum absolute atomic E-state index is 0.360. The number of pyridine rings is 1. The molecule has 1 fully saturated rings. The Kier molecular flexibility index (Phi) is 4.68. The van der Waals surface area contributed by atoms with E-state index in [9.17, 15) is 0 Å². The summed E-state index contributed by atoms with van der Waals surface area (Å²) in [6.45, 7) is 6.64. The van der Waals surface area contributed by atoms with E-state index in [0.717, 1.165) is 50.6 Å². The van der Waals surface area contributed by atoms with Gasteiger partial charge in [0.1, 0.15) is 5.82 Å². The first kappa shape index (κ1) is 14.3. The number of nitrogens with one attached hydrogen (secondary N) is 1. The van der Waals surface area contributed by atoms with Gasteiger partial charge in [0.05, 0.1) is 24.8 Å². The predicted octanol–water partition coefficient (Wildman–Crippen LogP) is 2.44. The molecule has 1 unspecified atom stereocenters. The third kappa shape index (κ3) is 3.34. The van der Waals surface area contributed by atoms with Crippen LogP contribution in [-0.4, -0.2) is 43.9 Å². The largest absolute Gasteiger partial charge is 0.377 e. The summed E-state index contributed by atoms with van der Waals surface area (Å²) in [5.41, 5.74) is 1.06. The van der Waals surface area contributed by atoms with Crippen LogP contribution in [0.1, 0.15) is 13.3 Å². The van der Waals surface area contributed by atoms with Crippen molar-refractivity contribution in [3.63, 3.8) is 0 Å². The van der Waals surface area contributed by atoms with Crippen molar-refractivity contribution in [3.8, 4) is 0 Å². The van der Waals surface area contributed by atoms with Crippen LogP contribution in [0.3, 0.4) is 0 Å². The van der Waals surface area contributed by atoms with Crippen molar-refractivity contribution >= 4 is 16.7 Å². The van der Waals surface area contributed by atoms with Gasteiger partial charge in [-0.1, -0.05) is 25.1 Å². The van der Waals surface area contributed by atoms with Crippen molar-refractivity contribution in [3.05, 3.63) is 36.4 Å². The van der Waals surface area contributed by atoms with Gasteiger partial charge >= 0.3 is 0 Å². The van der Waals surface area contributed by atoms with Crippen molar-refractivity contribution in [2.24, 2.45) is 0 Å². The Labute approximate surface area is 126 Å². The van der Waals surface area contributed by atoms with Crippen molar-refractivity contribution in [1.29, 1.82) is 0 Å². The van der Waals surface area contributed by atoms with Gasteiger partial charge in [-0.3, -0.25) is 0 Å². The molecular weight excluding hydrogens is 262 g/mol. The zero-order valence-corrected chi connectivity index (χ0v) is 12.6. The first-order chi connectivity index (χ1) is 10.4. The summed E-state index contributed by atoms with van der Waals surface area (Å²) < 4.78 is 5.64. The SMILES string of the molecule is CCCNCC1COCCN1c1ccc2ccccc2n1. The number of hydrogen-bond donors (Lipinski definition) is 1. The van der Waals surface area contributed by atoms with E-state index in [4.69, 9.17) is 9.72 Å². The maximum Gasteiger partial charge on any atom is 0.129 e. The molecule has 2 aromatic rings. The number of morpholine rings is 1. The van der Waals surface area contributed by atoms with Gasteiger partial charge in [0.25, 0.3) is 0 Å². The van der Waals surface area contributed by atoms with E-state index in [-0.39, 0.29) is 0 Å². The Hall–Kier alpha value is -1.65. The molecular formula is C17H23N3O. The second kappa shape index (κ2) is 6.87. The number of rotatable bonds is 5. The quantitative estimate of drug-likeness (QED) is 0.856. The molecule has 0 saturated carbocycles. The van der Waals surface area contributed by atoms with Gasteiger partial charge in [-0.15, -0.1) is 0 Å². The summed E-state index contributed by atoms with van der Waals surface area (Å²) in [5.74, 6) is 1.06. The molecule has 0 spiro atoms. The summed E-state index contributed by atoms with van der Waals surface area (Å²) >= 11 is 0. The Balaban J connectivity index is 1.80. The molecule has 21 heavy (non-hydrogen) atoms. The van der Waals surface area contributed by atoms with Gasteiger partial charge < -0.3 is 15.0 Å². The molecule has 112 valence electrons. The van der Waals surface area contributed by atoms with Crippen LogP contribution in [0.4, 0.5) is 5.82 Å². The van der Waals surface area contributed by atoms with Crippen molar-refractivity contribution in [1.82, 2.24) is 10.3 Å². The monoisotopic (exact) mass is 285 g/mol. The molecule has 1 aromatic heterocycles. The number of benzene rings is 1. The molecule has 4 nitrogen and oxygen atoms in total. The normalized spacial score (nSPS) is 19.1. The lowest BCUT2D eigenvalue weighted by Gasteiger charge is -2.36. The van der Waals surface area contributed by atoms with E-state index >= 15 is 0 Å². The first-order valence-electron chi connectivity index (χ1n) is 7.79. The Morgan fingerprint density at radius 2 is 2.19 bits per heavy atom. The van der Waals surface area contributed by atoms with Gasteiger partial charge in [0, 0.05) is 18.5 Å². The highest BCUT2D eigenvalue weighted by molar-refractivity contribution is 5.80. The third-order valence-corrected chi connectivity index (χ3v) is 3.91. The Morgan fingerprint density at radius 3 is 3.10 bits per heavy atom. The molecule has 1 atom stereocenters. The zero-order valence-electron chi connectivity index (χ0n) is 12.6. The number of nitrogens with zero attached hydrogens (tertiary/aromatic N) is 2. The minimum Gasteiger partial charge on any atom is -0.377 e. The highest BCUT2D eigenvalue weighted by Crippen LogP contribution is 2.21. The molecule has 1 N–H and O–H groups in total. The fourth-order valence-electron chi connectivity index (χ4n) is 2.79. The third-order valence-electron chi connectivity index (χ3n) is 3.91. The zero-order chi connectivity index (χ0) is 14.5. The van der Waals surface area contributed by atoms with Gasteiger partial charge in [-0.05, 0) is 31.2 Å². The molecule has 1 aliphatic heterocycles. The van der Waals surface area contributed by atoms with Crippen molar-refractivity contribution < 1.29 is 4.74 Å². The van der Waals surface area contributed by atoms with Crippen LogP contribution in [0.15, 0.2) is 36.4 Å². The van der Waals surface area contributed by atoms with Gasteiger partial charge in [0.15, 0.2) is 0 Å². The maximum absolute atomic E-state index is 5.64. The second-order valence-corrected chi connectivity index (χ2v) is 5.49. The lowest BCUT2D eigenvalue weighted by Crippen LogP contribution is -2.51. The summed E-state index contributed by atoms with van der Waals surface area (Å²) in [6.07, 6.45) is 1.15. The highest BCUT2D eigenvalue weighted by Gasteiger charge is 2.23. The lowest BCUT2D eigenvalue weighted by atomic mass is 10.2. The van der Waals surface area contributed by atoms with Gasteiger partial charge in [-0.25, -0.2) is 4.98 Å². The lowest BCUT2D eigenvalue weighted by molar-refractivity contribution is 0.0934. The number of fused-ring (bicyclic) bond motifs is 1. The molecule has 2 heterocycles. The maximum atomic E-state index is 5.64. The first-order valence-corrected chi connectivity index (χ1v) is 7.79. The van der Waals surface area contributed by atoms with Crippen LogP contribution in [0, 0.1) is 0 Å². The van der Waals surface area contributed by atoms with Crippen LogP contribution in [0.5, 0.6) is 0 Å². The minimum atomic E-state index is 0.360. The molecule has 0 amide bonds. The van der Waals surface area contributed by atoms with Crippen LogP contribution in [0.2, 0.25) is 0 Å². The molecule has 1 aliphatic rings. The average Bonchev–Trinajstić information content (AvgIpc) is 2.55. The molecule has 1 saturated heterocycles. The average molecular weight is 285 g/mol. The van der Waals surface area contributed by atoms with Crippen molar-refractivity contribution in [2.75, 3.05) is 37.7 Å². The van der Waals surface area contributed by atoms with Crippen LogP contribution >= 0.6 is 0 Å². The molecule has 0 aliphatic carbocycles. The fourth-order valence-corrected chi connectivity index (χ4v) is 2.79. The van der Waals surface area contributed by atoms with Crippen molar-refractivity contribution in [2.45, 2.75) is 19.4 Å². The van der Waals surface area contributed by atoms with E-state index < -0.39 is 0 Å². The van der Waals surface area contributed by atoms with Crippen LogP contribution in [-0.2, 0) is 4.74 Å². The summed E-state index contributed by atoms with van der Waals surface area (Å²) in [4.78, 5) is 7.19. The number of anilines is 1. The second-order valence-electron chi connectivity index (χ2n) is 5.49. The van der Waals surface area contributed by atoms with Gasteiger partial charge in [0.2, 0.25) is 0 Å². The summed E-state index contributed by atoms with van der Waals surface area (Å²) in [7, 11) is 0. The molecule has 1 aromatic carbocycles. The Bertz CT molecular complexity index is 587. The number of ether oxygens (including phenoxy) is 1.